The number of carbonyl (C=O) groups is 1. The van der Waals surface area contributed by atoms with Gasteiger partial charge in [-0.3, -0.25) is 4.79 Å². The minimum Gasteiger partial charge on any atom is -0.323 e. The third-order valence-electron chi connectivity index (χ3n) is 4.52. The molecule has 1 atom stereocenters. The summed E-state index contributed by atoms with van der Waals surface area (Å²) in [6.07, 6.45) is 1.13. The molecule has 3 rings (SSSR count). The van der Waals surface area contributed by atoms with Crippen molar-refractivity contribution in [3.05, 3.63) is 64.9 Å². The summed E-state index contributed by atoms with van der Waals surface area (Å²) in [7, 11) is -3.58. The second-order valence-corrected chi connectivity index (χ2v) is 8.96. The Labute approximate surface area is 163 Å². The Kier molecular flexibility index (Phi) is 6.14. The minimum absolute atomic E-state index is 0.0865. The van der Waals surface area contributed by atoms with Crippen LogP contribution in [0.1, 0.15) is 18.4 Å². The summed E-state index contributed by atoms with van der Waals surface area (Å²) in [5, 5.41) is 3.03. The highest BCUT2D eigenvalue weighted by atomic mass is 35.5. The van der Waals surface area contributed by atoms with Gasteiger partial charge in [-0.05, 0) is 42.7 Å². The molecular formula is C19H20ClFN2O3S. The van der Waals surface area contributed by atoms with Gasteiger partial charge in [-0.2, -0.15) is 0 Å². The largest absolute Gasteiger partial charge is 0.323 e. The highest BCUT2D eigenvalue weighted by molar-refractivity contribution is 7.88. The van der Waals surface area contributed by atoms with E-state index in [0.29, 0.717) is 30.0 Å². The van der Waals surface area contributed by atoms with E-state index in [4.69, 9.17) is 11.6 Å². The van der Waals surface area contributed by atoms with Gasteiger partial charge in [0, 0.05) is 18.1 Å². The standard InChI is InChI=1S/C19H20ClFN2O3S/c20-16-7-3-5-14(11-16)13-27(25,26)23-10-4-6-15(12-23)19(24)22-18-9-2-1-8-17(18)21/h1-3,5,7-9,11,15H,4,6,10,12-13H2,(H,22,24)/t15-/m1/s1. The zero-order chi connectivity index (χ0) is 19.4. The Morgan fingerprint density at radius 3 is 2.74 bits per heavy atom. The van der Waals surface area contributed by atoms with Gasteiger partial charge in [0.2, 0.25) is 15.9 Å². The number of rotatable bonds is 5. The second-order valence-electron chi connectivity index (χ2n) is 6.55. The normalized spacial score (nSPS) is 18.2. The van der Waals surface area contributed by atoms with E-state index in [1.165, 1.54) is 22.5 Å². The number of anilines is 1. The molecule has 2 aromatic rings. The Morgan fingerprint density at radius 2 is 2.00 bits per heavy atom. The summed E-state index contributed by atoms with van der Waals surface area (Å²) >= 11 is 5.92. The van der Waals surface area contributed by atoms with Gasteiger partial charge >= 0.3 is 0 Å². The highest BCUT2D eigenvalue weighted by Crippen LogP contribution is 2.24. The molecule has 27 heavy (non-hydrogen) atoms. The first kappa shape index (κ1) is 19.8. The van der Waals surface area contributed by atoms with Crippen LogP contribution in [0.3, 0.4) is 0 Å². The number of benzene rings is 2. The summed E-state index contributed by atoms with van der Waals surface area (Å²) in [4.78, 5) is 12.5. The number of amides is 1. The van der Waals surface area contributed by atoms with Crippen molar-refractivity contribution in [2.45, 2.75) is 18.6 Å². The maximum atomic E-state index is 13.7. The molecule has 0 aromatic heterocycles. The molecule has 1 fully saturated rings. The molecular weight excluding hydrogens is 391 g/mol. The molecule has 0 saturated carbocycles. The Balaban J connectivity index is 1.67. The van der Waals surface area contributed by atoms with Crippen LogP contribution in [0.25, 0.3) is 0 Å². The average molecular weight is 411 g/mol. The number of sulfonamides is 1. The SMILES string of the molecule is O=C(Nc1ccccc1F)[C@@H]1CCCN(S(=O)(=O)Cc2cccc(Cl)c2)C1. The monoisotopic (exact) mass is 410 g/mol. The van der Waals surface area contributed by atoms with E-state index in [-0.39, 0.29) is 23.9 Å². The molecule has 1 saturated heterocycles. The minimum atomic E-state index is -3.58. The Hall–Kier alpha value is -1.96. The van der Waals surface area contributed by atoms with Crippen molar-refractivity contribution in [3.63, 3.8) is 0 Å². The summed E-state index contributed by atoms with van der Waals surface area (Å²) in [6.45, 7) is 0.454. The second kappa shape index (κ2) is 8.37. The van der Waals surface area contributed by atoms with Crippen LogP contribution in [0.4, 0.5) is 10.1 Å². The van der Waals surface area contributed by atoms with Crippen molar-refractivity contribution in [2.75, 3.05) is 18.4 Å². The number of hydrogen-bond acceptors (Lipinski definition) is 3. The third kappa shape index (κ3) is 5.06. The van der Waals surface area contributed by atoms with Gasteiger partial charge in [0.05, 0.1) is 17.4 Å². The molecule has 0 spiro atoms. The van der Waals surface area contributed by atoms with Gasteiger partial charge in [0.1, 0.15) is 5.82 Å². The van der Waals surface area contributed by atoms with Crippen molar-refractivity contribution in [1.82, 2.24) is 4.31 Å². The lowest BCUT2D eigenvalue weighted by Gasteiger charge is -2.31. The molecule has 1 amide bonds. The van der Waals surface area contributed by atoms with Crippen LogP contribution in [0.2, 0.25) is 5.02 Å². The molecule has 144 valence electrons. The summed E-state index contributed by atoms with van der Waals surface area (Å²) < 4.78 is 40.5. The van der Waals surface area contributed by atoms with Crippen LogP contribution in [-0.4, -0.2) is 31.7 Å². The number of hydrogen-bond donors (Lipinski definition) is 1. The van der Waals surface area contributed by atoms with Crippen molar-refractivity contribution in [1.29, 1.82) is 0 Å². The molecule has 2 aromatic carbocycles. The fourth-order valence-electron chi connectivity index (χ4n) is 3.14. The Bertz CT molecular complexity index is 936. The predicted octanol–water partition coefficient (Wildman–Crippen LogP) is 3.66. The van der Waals surface area contributed by atoms with Crippen LogP contribution in [-0.2, 0) is 20.6 Å². The van der Waals surface area contributed by atoms with E-state index in [2.05, 4.69) is 5.32 Å². The first-order valence-corrected chi connectivity index (χ1v) is 10.6. The maximum absolute atomic E-state index is 13.7. The molecule has 0 unspecified atom stereocenters. The third-order valence-corrected chi connectivity index (χ3v) is 6.57. The fraction of sp³-hybridized carbons (Fsp3) is 0.316. The van der Waals surface area contributed by atoms with E-state index >= 15 is 0 Å². The molecule has 1 heterocycles. The quantitative estimate of drug-likeness (QED) is 0.818. The van der Waals surface area contributed by atoms with Crippen LogP contribution in [0.5, 0.6) is 0 Å². The zero-order valence-electron chi connectivity index (χ0n) is 14.6. The fourth-order valence-corrected chi connectivity index (χ4v) is 4.95. The molecule has 5 nitrogen and oxygen atoms in total. The number of piperidine rings is 1. The lowest BCUT2D eigenvalue weighted by molar-refractivity contribution is -0.120. The van der Waals surface area contributed by atoms with Crippen LogP contribution >= 0.6 is 11.6 Å². The molecule has 8 heteroatoms. The molecule has 1 aliphatic rings. The summed E-state index contributed by atoms with van der Waals surface area (Å²) in [6, 6.07) is 12.6. The van der Waals surface area contributed by atoms with Crippen LogP contribution in [0.15, 0.2) is 48.5 Å². The van der Waals surface area contributed by atoms with E-state index < -0.39 is 21.8 Å². The Morgan fingerprint density at radius 1 is 1.22 bits per heavy atom. The first-order chi connectivity index (χ1) is 12.8. The smallest absolute Gasteiger partial charge is 0.228 e. The van der Waals surface area contributed by atoms with Crippen LogP contribution < -0.4 is 5.32 Å². The zero-order valence-corrected chi connectivity index (χ0v) is 16.1. The lowest BCUT2D eigenvalue weighted by Crippen LogP contribution is -2.44. The van der Waals surface area contributed by atoms with Crippen molar-refractivity contribution < 1.29 is 17.6 Å². The number of para-hydroxylation sites is 1. The molecule has 1 N–H and O–H groups in total. The molecule has 0 radical (unpaired) electrons. The van der Waals surface area contributed by atoms with Crippen molar-refractivity contribution in [2.24, 2.45) is 5.92 Å². The van der Waals surface area contributed by atoms with Gasteiger partial charge in [0.25, 0.3) is 0 Å². The van der Waals surface area contributed by atoms with Gasteiger partial charge in [0.15, 0.2) is 0 Å². The predicted molar refractivity (Wildman–Crippen MR) is 103 cm³/mol. The number of nitrogens with zero attached hydrogens (tertiary/aromatic N) is 1. The van der Waals surface area contributed by atoms with Gasteiger partial charge in [-0.1, -0.05) is 35.9 Å². The van der Waals surface area contributed by atoms with E-state index in [0.717, 1.165) is 0 Å². The number of carbonyl (C=O) groups excluding carboxylic acids is 1. The number of nitrogens with one attached hydrogen (secondary N) is 1. The van der Waals surface area contributed by atoms with Crippen molar-refractivity contribution in [3.8, 4) is 0 Å². The van der Waals surface area contributed by atoms with Crippen LogP contribution in [0, 0.1) is 11.7 Å². The van der Waals surface area contributed by atoms with E-state index in [1.54, 1.807) is 30.3 Å². The lowest BCUT2D eigenvalue weighted by atomic mass is 9.98. The van der Waals surface area contributed by atoms with Crippen molar-refractivity contribution >= 4 is 33.2 Å². The average Bonchev–Trinajstić information content (AvgIpc) is 2.63. The number of halogens is 2. The van der Waals surface area contributed by atoms with Gasteiger partial charge in [-0.25, -0.2) is 17.1 Å². The summed E-state index contributed by atoms with van der Waals surface area (Å²) in [5.74, 6) is -1.59. The molecule has 0 bridgehead atoms. The molecule has 1 aliphatic heterocycles. The first-order valence-electron chi connectivity index (χ1n) is 8.63. The van der Waals surface area contributed by atoms with Gasteiger partial charge in [-0.15, -0.1) is 0 Å². The maximum Gasteiger partial charge on any atom is 0.228 e. The van der Waals surface area contributed by atoms with Gasteiger partial charge < -0.3 is 5.32 Å². The molecule has 0 aliphatic carbocycles. The van der Waals surface area contributed by atoms with E-state index in [9.17, 15) is 17.6 Å². The summed E-state index contributed by atoms with van der Waals surface area (Å²) in [5.41, 5.74) is 0.696. The topological polar surface area (TPSA) is 66.5 Å². The van der Waals surface area contributed by atoms with E-state index in [1.807, 2.05) is 0 Å². The highest BCUT2D eigenvalue weighted by Gasteiger charge is 2.32.